The molecular formula is C19H16N2O2. The summed E-state index contributed by atoms with van der Waals surface area (Å²) in [5, 5.41) is 15.9. The number of fused-ring (bicyclic) bond motifs is 1. The highest BCUT2D eigenvalue weighted by molar-refractivity contribution is 5.98. The van der Waals surface area contributed by atoms with Gasteiger partial charge >= 0.3 is 0 Å². The lowest BCUT2D eigenvalue weighted by Crippen LogP contribution is -2.17. The first-order valence-electron chi connectivity index (χ1n) is 7.26. The SMILES string of the molecule is Cc1ccc(C(=O)N/N=C/c2ccc3ccccc3c2O)cc1. The molecule has 0 spiro atoms. The first kappa shape index (κ1) is 14.8. The molecule has 4 nitrogen and oxygen atoms in total. The van der Waals surface area contributed by atoms with Crippen LogP contribution in [0, 0.1) is 6.92 Å². The summed E-state index contributed by atoms with van der Waals surface area (Å²) in [7, 11) is 0. The van der Waals surface area contributed by atoms with Gasteiger partial charge in [0.1, 0.15) is 5.75 Å². The van der Waals surface area contributed by atoms with Gasteiger partial charge in [-0.2, -0.15) is 5.10 Å². The average Bonchev–Trinajstić information content (AvgIpc) is 2.57. The van der Waals surface area contributed by atoms with Gasteiger partial charge in [-0.3, -0.25) is 4.79 Å². The first-order chi connectivity index (χ1) is 11.1. The van der Waals surface area contributed by atoms with Gasteiger partial charge in [-0.05, 0) is 30.5 Å². The van der Waals surface area contributed by atoms with Gasteiger partial charge in [0, 0.05) is 16.5 Å². The molecule has 0 aromatic heterocycles. The molecule has 0 atom stereocenters. The van der Waals surface area contributed by atoms with Crippen molar-refractivity contribution in [3.8, 4) is 5.75 Å². The number of nitrogens with one attached hydrogen (secondary N) is 1. The van der Waals surface area contributed by atoms with Crippen LogP contribution in [-0.4, -0.2) is 17.2 Å². The van der Waals surface area contributed by atoms with Crippen molar-refractivity contribution in [2.75, 3.05) is 0 Å². The van der Waals surface area contributed by atoms with Crippen LogP contribution in [0.4, 0.5) is 0 Å². The van der Waals surface area contributed by atoms with Crippen molar-refractivity contribution in [1.29, 1.82) is 0 Å². The summed E-state index contributed by atoms with van der Waals surface area (Å²) in [6, 6.07) is 18.4. The summed E-state index contributed by atoms with van der Waals surface area (Å²) >= 11 is 0. The Morgan fingerprint density at radius 1 is 1.04 bits per heavy atom. The fourth-order valence-electron chi connectivity index (χ4n) is 2.31. The molecule has 3 rings (SSSR count). The molecule has 0 aliphatic carbocycles. The van der Waals surface area contributed by atoms with Gasteiger partial charge < -0.3 is 5.11 Å². The van der Waals surface area contributed by atoms with Crippen molar-refractivity contribution in [2.24, 2.45) is 5.10 Å². The third-order valence-electron chi connectivity index (χ3n) is 3.62. The summed E-state index contributed by atoms with van der Waals surface area (Å²) < 4.78 is 0. The van der Waals surface area contributed by atoms with Gasteiger partial charge in [0.2, 0.25) is 0 Å². The van der Waals surface area contributed by atoms with Crippen molar-refractivity contribution in [2.45, 2.75) is 6.92 Å². The Hall–Kier alpha value is -3.14. The molecule has 3 aromatic rings. The third-order valence-corrected chi connectivity index (χ3v) is 3.62. The molecule has 0 radical (unpaired) electrons. The van der Waals surface area contributed by atoms with Crippen LogP contribution in [0.2, 0.25) is 0 Å². The molecule has 0 bridgehead atoms. The number of rotatable bonds is 3. The Morgan fingerprint density at radius 3 is 2.57 bits per heavy atom. The van der Waals surface area contributed by atoms with Gasteiger partial charge in [0.15, 0.2) is 0 Å². The van der Waals surface area contributed by atoms with E-state index in [1.807, 2.05) is 49.4 Å². The number of nitrogens with zero attached hydrogens (tertiary/aromatic N) is 1. The number of phenols is 1. The van der Waals surface area contributed by atoms with Crippen molar-refractivity contribution >= 4 is 22.9 Å². The van der Waals surface area contributed by atoms with Crippen molar-refractivity contribution in [1.82, 2.24) is 5.43 Å². The highest BCUT2D eigenvalue weighted by Gasteiger charge is 2.05. The Balaban J connectivity index is 1.76. The van der Waals surface area contributed by atoms with Gasteiger partial charge in [-0.1, -0.05) is 48.0 Å². The van der Waals surface area contributed by atoms with Crippen molar-refractivity contribution in [3.05, 3.63) is 77.4 Å². The van der Waals surface area contributed by atoms with E-state index in [0.717, 1.165) is 16.3 Å². The number of hydrogen-bond acceptors (Lipinski definition) is 3. The smallest absolute Gasteiger partial charge is 0.271 e. The monoisotopic (exact) mass is 304 g/mol. The molecular weight excluding hydrogens is 288 g/mol. The van der Waals surface area contributed by atoms with Crippen LogP contribution in [-0.2, 0) is 0 Å². The topological polar surface area (TPSA) is 61.7 Å². The zero-order valence-corrected chi connectivity index (χ0v) is 12.7. The van der Waals surface area contributed by atoms with E-state index in [9.17, 15) is 9.90 Å². The van der Waals surface area contributed by atoms with Gasteiger partial charge in [-0.15, -0.1) is 0 Å². The van der Waals surface area contributed by atoms with E-state index in [0.29, 0.717) is 11.1 Å². The molecule has 23 heavy (non-hydrogen) atoms. The molecule has 0 aliphatic rings. The van der Waals surface area contributed by atoms with Crippen LogP contribution in [0.3, 0.4) is 0 Å². The molecule has 2 N–H and O–H groups in total. The second-order valence-corrected chi connectivity index (χ2v) is 5.29. The predicted octanol–water partition coefficient (Wildman–Crippen LogP) is 3.62. The maximum atomic E-state index is 12.0. The predicted molar refractivity (Wildman–Crippen MR) is 91.9 cm³/mol. The molecule has 0 heterocycles. The molecule has 0 fully saturated rings. The van der Waals surface area contributed by atoms with Crippen LogP contribution in [0.15, 0.2) is 65.8 Å². The Morgan fingerprint density at radius 2 is 1.78 bits per heavy atom. The van der Waals surface area contributed by atoms with Gasteiger partial charge in [0.05, 0.1) is 6.21 Å². The summed E-state index contributed by atoms with van der Waals surface area (Å²) in [5.41, 5.74) is 4.64. The van der Waals surface area contributed by atoms with Crippen molar-refractivity contribution < 1.29 is 9.90 Å². The molecule has 4 heteroatoms. The fraction of sp³-hybridized carbons (Fsp3) is 0.0526. The lowest BCUT2D eigenvalue weighted by atomic mass is 10.1. The molecule has 0 aliphatic heterocycles. The molecule has 0 saturated carbocycles. The highest BCUT2D eigenvalue weighted by Crippen LogP contribution is 2.27. The molecule has 3 aromatic carbocycles. The highest BCUT2D eigenvalue weighted by atomic mass is 16.3. The van der Waals surface area contributed by atoms with Crippen LogP contribution < -0.4 is 5.43 Å². The Labute approximate surface area is 134 Å². The Bertz CT molecular complexity index is 884. The van der Waals surface area contributed by atoms with Crippen LogP contribution in [0.5, 0.6) is 5.75 Å². The van der Waals surface area contributed by atoms with Crippen LogP contribution in [0.1, 0.15) is 21.5 Å². The van der Waals surface area contributed by atoms with Gasteiger partial charge in [-0.25, -0.2) is 5.43 Å². The summed E-state index contributed by atoms with van der Waals surface area (Å²) in [4.78, 5) is 12.0. The van der Waals surface area contributed by atoms with Gasteiger partial charge in [0.25, 0.3) is 5.91 Å². The number of benzene rings is 3. The maximum Gasteiger partial charge on any atom is 0.271 e. The average molecular weight is 304 g/mol. The second kappa shape index (κ2) is 6.32. The minimum absolute atomic E-state index is 0.149. The molecule has 0 unspecified atom stereocenters. The first-order valence-corrected chi connectivity index (χ1v) is 7.26. The summed E-state index contributed by atoms with van der Waals surface area (Å²) in [5.74, 6) is -0.141. The Kier molecular flexibility index (Phi) is 4.06. The number of hydrogen-bond donors (Lipinski definition) is 2. The number of carbonyl (C=O) groups excluding carboxylic acids is 1. The van der Waals surface area contributed by atoms with Crippen LogP contribution in [0.25, 0.3) is 10.8 Å². The quantitative estimate of drug-likeness (QED) is 0.573. The lowest BCUT2D eigenvalue weighted by Gasteiger charge is -2.04. The van der Waals surface area contributed by atoms with Crippen LogP contribution >= 0.6 is 0 Å². The maximum absolute atomic E-state index is 12.0. The largest absolute Gasteiger partial charge is 0.507 e. The number of aromatic hydroxyl groups is 1. The van der Waals surface area contributed by atoms with E-state index in [1.54, 1.807) is 18.2 Å². The minimum Gasteiger partial charge on any atom is -0.507 e. The van der Waals surface area contributed by atoms with E-state index < -0.39 is 0 Å². The number of hydrazone groups is 1. The van der Waals surface area contributed by atoms with E-state index in [2.05, 4.69) is 10.5 Å². The number of amides is 1. The molecule has 114 valence electrons. The van der Waals surface area contributed by atoms with E-state index in [4.69, 9.17) is 0 Å². The fourth-order valence-corrected chi connectivity index (χ4v) is 2.31. The zero-order chi connectivity index (χ0) is 16.2. The summed E-state index contributed by atoms with van der Waals surface area (Å²) in [6.45, 7) is 1.96. The third kappa shape index (κ3) is 3.21. The second-order valence-electron chi connectivity index (χ2n) is 5.29. The lowest BCUT2D eigenvalue weighted by molar-refractivity contribution is 0.0955. The molecule has 1 amide bonds. The number of carbonyl (C=O) groups is 1. The van der Waals surface area contributed by atoms with E-state index in [1.165, 1.54) is 6.21 Å². The number of aryl methyl sites for hydroxylation is 1. The van der Waals surface area contributed by atoms with E-state index >= 15 is 0 Å². The van der Waals surface area contributed by atoms with Crippen molar-refractivity contribution in [3.63, 3.8) is 0 Å². The standard InChI is InChI=1S/C19H16N2O2/c1-13-6-8-15(9-7-13)19(23)21-20-12-16-11-10-14-4-2-3-5-17(14)18(16)22/h2-12,22H,1H3,(H,21,23)/b20-12+. The number of phenolic OH excluding ortho intramolecular Hbond substituents is 1. The molecule has 0 saturated heterocycles. The normalized spacial score (nSPS) is 11.0. The zero-order valence-electron chi connectivity index (χ0n) is 12.7. The summed E-state index contributed by atoms with van der Waals surface area (Å²) in [6.07, 6.45) is 1.44. The minimum atomic E-state index is -0.290. The van der Waals surface area contributed by atoms with E-state index in [-0.39, 0.29) is 11.7 Å².